The normalized spacial score (nSPS) is 26.6. The van der Waals surface area contributed by atoms with Crippen molar-refractivity contribution in [2.24, 2.45) is 11.3 Å². The van der Waals surface area contributed by atoms with Crippen LogP contribution in [0.1, 0.15) is 59.9 Å². The van der Waals surface area contributed by atoms with Crippen LogP contribution in [0.2, 0.25) is 0 Å². The van der Waals surface area contributed by atoms with Gasteiger partial charge in [0.1, 0.15) is 6.04 Å². The Morgan fingerprint density at radius 3 is 2.39 bits per heavy atom. The highest BCUT2D eigenvalue weighted by atomic mass is 16.4. The summed E-state index contributed by atoms with van der Waals surface area (Å²) in [5.74, 6) is 4.32. The van der Waals surface area contributed by atoms with Crippen LogP contribution in [-0.4, -0.2) is 87.3 Å². The van der Waals surface area contributed by atoms with Crippen molar-refractivity contribution >= 4 is 29.7 Å². The molecule has 3 fully saturated rings. The van der Waals surface area contributed by atoms with E-state index in [1.165, 1.54) is 4.90 Å². The van der Waals surface area contributed by atoms with Crippen LogP contribution in [0, 0.1) is 23.2 Å². The summed E-state index contributed by atoms with van der Waals surface area (Å²) >= 11 is 0. The smallest absolute Gasteiger partial charge is 0.407 e. The number of fused-ring (bicyclic) bond motifs is 1. The number of carbonyl (C=O) groups excluding carboxylic acids is 4. The van der Waals surface area contributed by atoms with Gasteiger partial charge in [0.05, 0.1) is 17.2 Å². The first-order valence-electron chi connectivity index (χ1n) is 12.1. The van der Waals surface area contributed by atoms with Crippen LogP contribution in [-0.2, 0) is 9.59 Å². The molecule has 36 heavy (non-hydrogen) atoms. The molecule has 3 atom stereocenters. The van der Waals surface area contributed by atoms with E-state index >= 15 is 0 Å². The summed E-state index contributed by atoms with van der Waals surface area (Å²) in [4.78, 5) is 65.7. The number of nitrogens with zero attached hydrogens (tertiary/aromatic N) is 3. The second-order valence-corrected chi connectivity index (χ2v) is 10.9. The highest BCUT2D eigenvalue weighted by molar-refractivity contribution is 6.23. The molecule has 3 saturated heterocycles. The molecule has 4 aliphatic rings. The molecule has 0 radical (unpaired) electrons. The van der Waals surface area contributed by atoms with Gasteiger partial charge in [0.15, 0.2) is 0 Å². The van der Waals surface area contributed by atoms with Crippen LogP contribution < -0.4 is 5.32 Å². The number of rotatable bonds is 2. The number of piperidine rings is 1. The molecule has 0 saturated carbocycles. The Balaban J connectivity index is 1.24. The van der Waals surface area contributed by atoms with E-state index in [4.69, 9.17) is 0 Å². The van der Waals surface area contributed by atoms with E-state index < -0.39 is 35.8 Å². The molecule has 0 bridgehead atoms. The Morgan fingerprint density at radius 1 is 1.06 bits per heavy atom. The van der Waals surface area contributed by atoms with Crippen LogP contribution in [0.25, 0.3) is 0 Å². The van der Waals surface area contributed by atoms with Crippen molar-refractivity contribution in [3.8, 4) is 11.8 Å². The van der Waals surface area contributed by atoms with E-state index in [1.807, 2.05) is 0 Å². The molecule has 0 aliphatic carbocycles. The zero-order valence-corrected chi connectivity index (χ0v) is 20.4. The van der Waals surface area contributed by atoms with Crippen molar-refractivity contribution in [2.75, 3.05) is 19.6 Å². The first-order chi connectivity index (χ1) is 17.0. The maximum atomic E-state index is 13.0. The van der Waals surface area contributed by atoms with Gasteiger partial charge in [-0.15, -0.1) is 0 Å². The topological polar surface area (TPSA) is 127 Å². The lowest BCUT2D eigenvalue weighted by molar-refractivity contribution is -0.136. The number of carboxylic acid groups (broad SMARTS) is 1. The van der Waals surface area contributed by atoms with E-state index in [0.29, 0.717) is 12.1 Å². The SMILES string of the molecule is CC(C)(C)C1C(N2CC(C#Cc3ccc4c(c3)C(=O)N(C3CCC(=O)NC3=O)C4=O)C2)CN1C(=O)O. The number of amides is 5. The van der Waals surface area contributed by atoms with Gasteiger partial charge in [0.2, 0.25) is 11.8 Å². The number of benzene rings is 1. The fraction of sp³-hybridized carbons (Fsp3) is 0.500. The molecule has 4 heterocycles. The molecular formula is C26H28N4O6. The lowest BCUT2D eigenvalue weighted by Gasteiger charge is -2.59. The number of hydrogen-bond donors (Lipinski definition) is 2. The summed E-state index contributed by atoms with van der Waals surface area (Å²) in [5.41, 5.74) is 0.884. The lowest BCUT2D eigenvalue weighted by Crippen LogP contribution is -2.74. The van der Waals surface area contributed by atoms with Gasteiger partial charge in [-0.25, -0.2) is 4.79 Å². The van der Waals surface area contributed by atoms with Gasteiger partial charge in [-0.05, 0) is 30.0 Å². The summed E-state index contributed by atoms with van der Waals surface area (Å²) < 4.78 is 0. The molecule has 1 aromatic carbocycles. The van der Waals surface area contributed by atoms with Crippen molar-refractivity contribution in [1.82, 2.24) is 20.0 Å². The van der Waals surface area contributed by atoms with Crippen molar-refractivity contribution < 1.29 is 29.1 Å². The molecule has 5 amide bonds. The molecule has 2 N–H and O–H groups in total. The Bertz CT molecular complexity index is 1250. The number of hydrogen-bond acceptors (Lipinski definition) is 6. The van der Waals surface area contributed by atoms with Crippen LogP contribution >= 0.6 is 0 Å². The van der Waals surface area contributed by atoms with Gasteiger partial charge in [0, 0.05) is 43.6 Å². The number of nitrogens with one attached hydrogen (secondary N) is 1. The highest BCUT2D eigenvalue weighted by Gasteiger charge is 2.52. The molecule has 0 aromatic heterocycles. The van der Waals surface area contributed by atoms with Gasteiger partial charge in [-0.2, -0.15) is 0 Å². The predicted molar refractivity (Wildman–Crippen MR) is 127 cm³/mol. The van der Waals surface area contributed by atoms with E-state index in [0.717, 1.165) is 18.0 Å². The lowest BCUT2D eigenvalue weighted by atomic mass is 9.74. The monoisotopic (exact) mass is 492 g/mol. The van der Waals surface area contributed by atoms with Crippen LogP contribution in [0.4, 0.5) is 4.79 Å². The largest absolute Gasteiger partial charge is 0.465 e. The van der Waals surface area contributed by atoms with E-state index in [-0.39, 0.29) is 47.4 Å². The Kier molecular flexibility index (Phi) is 5.63. The highest BCUT2D eigenvalue weighted by Crippen LogP contribution is 2.39. The minimum Gasteiger partial charge on any atom is -0.465 e. The molecular weight excluding hydrogens is 464 g/mol. The van der Waals surface area contributed by atoms with Gasteiger partial charge in [-0.1, -0.05) is 32.6 Å². The van der Waals surface area contributed by atoms with Gasteiger partial charge < -0.3 is 10.0 Å². The quantitative estimate of drug-likeness (QED) is 0.468. The third-order valence-corrected chi connectivity index (χ3v) is 7.46. The van der Waals surface area contributed by atoms with Gasteiger partial charge in [-0.3, -0.25) is 34.3 Å². The average Bonchev–Trinajstić information content (AvgIpc) is 2.97. The summed E-state index contributed by atoms with van der Waals surface area (Å²) in [5, 5.41) is 11.6. The number of imide groups is 2. The van der Waals surface area contributed by atoms with Gasteiger partial charge >= 0.3 is 6.09 Å². The summed E-state index contributed by atoms with van der Waals surface area (Å²) in [6.07, 6.45) is -0.698. The minimum atomic E-state index is -0.994. The average molecular weight is 493 g/mol. The first-order valence-corrected chi connectivity index (χ1v) is 12.1. The van der Waals surface area contributed by atoms with E-state index in [1.54, 1.807) is 18.2 Å². The van der Waals surface area contributed by atoms with Crippen LogP contribution in [0.3, 0.4) is 0 Å². The maximum absolute atomic E-state index is 13.0. The predicted octanol–water partition coefficient (Wildman–Crippen LogP) is 1.15. The van der Waals surface area contributed by atoms with Gasteiger partial charge in [0.25, 0.3) is 11.8 Å². The number of carbonyl (C=O) groups is 5. The minimum absolute atomic E-state index is 0.0588. The fourth-order valence-corrected chi connectivity index (χ4v) is 5.65. The third kappa shape index (κ3) is 3.93. The molecule has 0 spiro atoms. The number of likely N-dealkylation sites (tertiary alicyclic amines) is 2. The Morgan fingerprint density at radius 2 is 1.75 bits per heavy atom. The first kappa shape index (κ1) is 24.0. The summed E-state index contributed by atoms with van der Waals surface area (Å²) in [6, 6.07) is 3.95. The maximum Gasteiger partial charge on any atom is 0.407 e. The molecule has 1 aromatic rings. The van der Waals surface area contributed by atoms with Crippen LogP contribution in [0.5, 0.6) is 0 Å². The van der Waals surface area contributed by atoms with Crippen molar-refractivity contribution in [2.45, 2.75) is 51.7 Å². The van der Waals surface area contributed by atoms with Crippen LogP contribution in [0.15, 0.2) is 18.2 Å². The second-order valence-electron chi connectivity index (χ2n) is 10.9. The molecule has 4 aliphatic heterocycles. The van der Waals surface area contributed by atoms with Crippen molar-refractivity contribution in [3.63, 3.8) is 0 Å². The van der Waals surface area contributed by atoms with Crippen molar-refractivity contribution in [1.29, 1.82) is 0 Å². The fourth-order valence-electron chi connectivity index (χ4n) is 5.65. The zero-order chi connectivity index (χ0) is 25.9. The Hall–Kier alpha value is -3.71. The standard InChI is InChI=1S/C26H28N4O6/c1-26(2,3)21-19(13-29(21)25(35)36)28-11-15(12-28)5-4-14-6-7-16-17(10-14)24(34)30(23(16)33)18-8-9-20(31)27-22(18)32/h6-7,10,15,18-19,21H,8-9,11-13H2,1-3H3,(H,35,36)(H,27,31,32). The third-order valence-electron chi connectivity index (χ3n) is 7.46. The summed E-state index contributed by atoms with van der Waals surface area (Å²) in [6.45, 7) is 8.17. The molecule has 10 nitrogen and oxygen atoms in total. The zero-order valence-electron chi connectivity index (χ0n) is 20.4. The second kappa shape index (κ2) is 8.45. The van der Waals surface area contributed by atoms with E-state index in [2.05, 4.69) is 42.8 Å². The molecule has 188 valence electrons. The van der Waals surface area contributed by atoms with Crippen molar-refractivity contribution in [3.05, 3.63) is 34.9 Å². The summed E-state index contributed by atoms with van der Waals surface area (Å²) in [7, 11) is 0. The van der Waals surface area contributed by atoms with E-state index in [9.17, 15) is 29.1 Å². The molecule has 3 unspecified atom stereocenters. The molecule has 10 heteroatoms. The molecule has 5 rings (SSSR count). The Labute approximate surface area is 208 Å².